The number of likely N-dealkylation sites (N-methyl/N-ethyl adjacent to an activating group) is 1. The first-order valence-electron chi connectivity index (χ1n) is 3.38. The fourth-order valence-corrected chi connectivity index (χ4v) is 0.587. The van der Waals surface area contributed by atoms with Crippen molar-refractivity contribution in [2.75, 3.05) is 7.05 Å². The highest BCUT2D eigenvalue weighted by atomic mass is 35.5. The van der Waals surface area contributed by atoms with Gasteiger partial charge in [0.15, 0.2) is 0 Å². The Morgan fingerprint density at radius 3 is 2.50 bits per heavy atom. The normalized spacial score (nSPS) is 11.1. The van der Waals surface area contributed by atoms with Crippen molar-refractivity contribution >= 4 is 23.6 Å². The molecule has 0 aliphatic heterocycles. The van der Waals surface area contributed by atoms with Crippen molar-refractivity contribution in [1.29, 1.82) is 0 Å². The Kier molecular flexibility index (Phi) is 4.36. The average molecular weight is 191 g/mol. The van der Waals surface area contributed by atoms with Gasteiger partial charge in [-0.1, -0.05) is 13.5 Å². The second-order valence-electron chi connectivity index (χ2n) is 2.14. The molecule has 0 aromatic heterocycles. The summed E-state index contributed by atoms with van der Waals surface area (Å²) in [4.78, 5) is 14.2. The first kappa shape index (κ1) is 11.0. The minimum atomic E-state index is -1.16. The van der Waals surface area contributed by atoms with Gasteiger partial charge in [-0.3, -0.25) is 4.42 Å². The standard InChI is InChI=1S/C7H11ClN2O2/c1-4-5(2)9-6(7(11)12)10(3)8/h2,4H2,1,3H3,(H,11,12). The van der Waals surface area contributed by atoms with Crippen LogP contribution in [0.1, 0.15) is 13.3 Å². The smallest absolute Gasteiger partial charge is 0.373 e. The second kappa shape index (κ2) is 4.77. The van der Waals surface area contributed by atoms with Crippen molar-refractivity contribution in [1.82, 2.24) is 4.42 Å². The third kappa shape index (κ3) is 3.39. The molecule has 0 aromatic rings. The Labute approximate surface area is 76.3 Å². The topological polar surface area (TPSA) is 52.9 Å². The molecule has 4 nitrogen and oxygen atoms in total. The first-order chi connectivity index (χ1) is 5.49. The number of aliphatic imine (C=N–C) groups is 1. The maximum Gasteiger partial charge on any atom is 0.373 e. The number of allylic oxidation sites excluding steroid dienone is 1. The monoisotopic (exact) mass is 190 g/mol. The van der Waals surface area contributed by atoms with E-state index < -0.39 is 5.97 Å². The molecular formula is C7H11ClN2O2. The highest BCUT2D eigenvalue weighted by molar-refractivity contribution is 6.42. The number of rotatable bonds is 2. The first-order valence-corrected chi connectivity index (χ1v) is 3.72. The van der Waals surface area contributed by atoms with Gasteiger partial charge in [0.25, 0.3) is 0 Å². The molecule has 0 aliphatic rings. The Balaban J connectivity index is 4.61. The fraction of sp³-hybridized carbons (Fsp3) is 0.429. The molecule has 0 rings (SSSR count). The number of halogens is 1. The van der Waals surface area contributed by atoms with E-state index in [0.717, 1.165) is 4.42 Å². The lowest BCUT2D eigenvalue weighted by molar-refractivity contribution is -0.129. The van der Waals surface area contributed by atoms with Gasteiger partial charge < -0.3 is 5.11 Å². The third-order valence-electron chi connectivity index (χ3n) is 1.16. The molecule has 5 heteroatoms. The van der Waals surface area contributed by atoms with E-state index in [9.17, 15) is 4.79 Å². The summed E-state index contributed by atoms with van der Waals surface area (Å²) >= 11 is 5.42. The molecule has 1 N–H and O–H groups in total. The number of amidine groups is 1. The van der Waals surface area contributed by atoms with Crippen LogP contribution in [-0.4, -0.2) is 28.4 Å². The lowest BCUT2D eigenvalue weighted by atomic mass is 10.4. The molecule has 0 aromatic carbocycles. The molecule has 0 atom stereocenters. The Morgan fingerprint density at radius 1 is 1.75 bits per heavy atom. The average Bonchev–Trinajstić information content (AvgIpc) is 1.98. The van der Waals surface area contributed by atoms with Gasteiger partial charge in [-0.2, -0.15) is 0 Å². The number of hydrogen-bond acceptors (Lipinski definition) is 2. The summed E-state index contributed by atoms with van der Waals surface area (Å²) in [5.41, 5.74) is 0.486. The van der Waals surface area contributed by atoms with E-state index in [1.54, 1.807) is 0 Å². The van der Waals surface area contributed by atoms with Crippen LogP contribution in [0.2, 0.25) is 0 Å². The summed E-state index contributed by atoms with van der Waals surface area (Å²) in [7, 11) is 1.40. The second-order valence-corrected chi connectivity index (χ2v) is 2.64. The van der Waals surface area contributed by atoms with Gasteiger partial charge in [-0.25, -0.2) is 9.79 Å². The van der Waals surface area contributed by atoms with Crippen LogP contribution in [0.25, 0.3) is 0 Å². The summed E-state index contributed by atoms with van der Waals surface area (Å²) in [6.45, 7) is 5.37. The van der Waals surface area contributed by atoms with E-state index in [4.69, 9.17) is 16.9 Å². The number of carboxylic acids is 1. The number of carboxylic acid groups (broad SMARTS) is 1. The Hall–Kier alpha value is -1.03. The maximum atomic E-state index is 10.5. The Morgan fingerprint density at radius 2 is 2.25 bits per heavy atom. The van der Waals surface area contributed by atoms with Crippen molar-refractivity contribution in [2.45, 2.75) is 13.3 Å². The molecule has 0 unspecified atom stereocenters. The quantitative estimate of drug-likeness (QED) is 0.408. The van der Waals surface area contributed by atoms with E-state index in [1.165, 1.54) is 7.05 Å². The van der Waals surface area contributed by atoms with Gasteiger partial charge >= 0.3 is 5.97 Å². The zero-order valence-corrected chi connectivity index (χ0v) is 7.80. The van der Waals surface area contributed by atoms with E-state index in [-0.39, 0.29) is 5.84 Å². The minimum Gasteiger partial charge on any atom is -0.475 e. The third-order valence-corrected chi connectivity index (χ3v) is 1.32. The molecule has 0 radical (unpaired) electrons. The van der Waals surface area contributed by atoms with Gasteiger partial charge in [-0.15, -0.1) is 0 Å². The molecule has 0 saturated heterocycles. The van der Waals surface area contributed by atoms with Gasteiger partial charge in [0, 0.05) is 24.5 Å². The summed E-state index contributed by atoms with van der Waals surface area (Å²) in [6.07, 6.45) is 0.599. The molecule has 0 bridgehead atoms. The van der Waals surface area contributed by atoms with Crippen molar-refractivity contribution < 1.29 is 9.90 Å². The van der Waals surface area contributed by atoms with Crippen molar-refractivity contribution in [3.8, 4) is 0 Å². The largest absolute Gasteiger partial charge is 0.475 e. The zero-order valence-electron chi connectivity index (χ0n) is 7.04. The lowest BCUT2D eigenvalue weighted by Crippen LogP contribution is -2.26. The van der Waals surface area contributed by atoms with Crippen LogP contribution in [0, 0.1) is 0 Å². The Bertz CT molecular complexity index is 223. The van der Waals surface area contributed by atoms with Crippen LogP contribution < -0.4 is 0 Å². The van der Waals surface area contributed by atoms with Crippen LogP contribution >= 0.6 is 11.8 Å². The molecule has 0 amide bonds. The molecule has 12 heavy (non-hydrogen) atoms. The molecule has 0 fully saturated rings. The predicted molar refractivity (Wildman–Crippen MR) is 48.1 cm³/mol. The molecule has 0 heterocycles. The molecule has 0 saturated carbocycles. The van der Waals surface area contributed by atoms with E-state index in [0.29, 0.717) is 12.1 Å². The number of carbonyl (C=O) groups is 1. The van der Waals surface area contributed by atoms with E-state index in [2.05, 4.69) is 11.6 Å². The summed E-state index contributed by atoms with van der Waals surface area (Å²) in [5, 5.41) is 8.59. The van der Waals surface area contributed by atoms with Crippen LogP contribution in [0.3, 0.4) is 0 Å². The van der Waals surface area contributed by atoms with Gasteiger partial charge in [0.2, 0.25) is 5.84 Å². The van der Waals surface area contributed by atoms with Gasteiger partial charge in [0.05, 0.1) is 0 Å². The maximum absolute atomic E-state index is 10.5. The molecule has 0 spiro atoms. The molecular weight excluding hydrogens is 180 g/mol. The van der Waals surface area contributed by atoms with Gasteiger partial charge in [0.1, 0.15) is 0 Å². The van der Waals surface area contributed by atoms with Crippen molar-refractivity contribution in [3.63, 3.8) is 0 Å². The minimum absolute atomic E-state index is 0.219. The van der Waals surface area contributed by atoms with Crippen LogP contribution in [-0.2, 0) is 4.79 Å². The molecule has 0 aliphatic carbocycles. The molecule has 68 valence electrons. The van der Waals surface area contributed by atoms with E-state index in [1.807, 2.05) is 6.92 Å². The van der Waals surface area contributed by atoms with Crippen LogP contribution in [0.5, 0.6) is 0 Å². The van der Waals surface area contributed by atoms with Crippen LogP contribution in [0.15, 0.2) is 17.3 Å². The van der Waals surface area contributed by atoms with E-state index >= 15 is 0 Å². The fourth-order valence-electron chi connectivity index (χ4n) is 0.477. The SMILES string of the molecule is C=C(CC)N=C(C(=O)O)N(C)Cl. The zero-order chi connectivity index (χ0) is 9.72. The van der Waals surface area contributed by atoms with Crippen molar-refractivity contribution in [2.24, 2.45) is 4.99 Å². The number of nitrogens with zero attached hydrogens (tertiary/aromatic N) is 2. The van der Waals surface area contributed by atoms with Gasteiger partial charge in [-0.05, 0) is 6.42 Å². The highest BCUT2D eigenvalue weighted by Gasteiger charge is 2.12. The summed E-state index contributed by atoms with van der Waals surface area (Å²) < 4.78 is 0.920. The number of aliphatic carboxylic acids is 1. The van der Waals surface area contributed by atoms with Crippen LogP contribution in [0.4, 0.5) is 0 Å². The van der Waals surface area contributed by atoms with Crippen molar-refractivity contribution in [3.05, 3.63) is 12.3 Å². The predicted octanol–water partition coefficient (Wildman–Crippen LogP) is 1.48. The lowest BCUT2D eigenvalue weighted by Gasteiger charge is -2.07. The number of hydrogen-bond donors (Lipinski definition) is 1. The highest BCUT2D eigenvalue weighted by Crippen LogP contribution is 2.02. The summed E-state index contributed by atoms with van der Waals surface area (Å²) in [6, 6.07) is 0. The summed E-state index contributed by atoms with van der Waals surface area (Å²) in [5.74, 6) is -1.38.